The van der Waals surface area contributed by atoms with Crippen molar-refractivity contribution in [1.29, 1.82) is 0 Å². The summed E-state index contributed by atoms with van der Waals surface area (Å²) in [5, 5.41) is 11.3. The van der Waals surface area contributed by atoms with E-state index < -0.39 is 23.3 Å². The normalized spacial score (nSPS) is 16.7. The highest BCUT2D eigenvalue weighted by atomic mass is 16.5. The van der Waals surface area contributed by atoms with Crippen LogP contribution in [0.1, 0.15) is 28.4 Å². The van der Waals surface area contributed by atoms with Crippen LogP contribution in [0.3, 0.4) is 0 Å². The summed E-state index contributed by atoms with van der Waals surface area (Å²) < 4.78 is 8.38. The Bertz CT molecular complexity index is 1630. The number of aliphatic hydroxyl groups is 1. The van der Waals surface area contributed by atoms with Gasteiger partial charge in [-0.15, -0.1) is 0 Å². The molecule has 1 unspecified atom stereocenters. The summed E-state index contributed by atoms with van der Waals surface area (Å²) in [4.78, 5) is 42.2. The van der Waals surface area contributed by atoms with Gasteiger partial charge < -0.3 is 9.84 Å². The van der Waals surface area contributed by atoms with Crippen molar-refractivity contribution in [2.75, 3.05) is 12.0 Å². The van der Waals surface area contributed by atoms with E-state index in [0.29, 0.717) is 28.3 Å². The Balaban J connectivity index is 1.77. The number of anilines is 1. The summed E-state index contributed by atoms with van der Waals surface area (Å²) in [5.74, 6) is -1.46. The fourth-order valence-corrected chi connectivity index (χ4v) is 4.86. The van der Waals surface area contributed by atoms with E-state index in [9.17, 15) is 19.5 Å². The summed E-state index contributed by atoms with van der Waals surface area (Å²) >= 11 is 0. The van der Waals surface area contributed by atoms with Crippen LogP contribution in [0.15, 0.2) is 89.2 Å². The van der Waals surface area contributed by atoms with Gasteiger partial charge in [-0.25, -0.2) is 4.68 Å². The van der Waals surface area contributed by atoms with Crippen LogP contribution in [0.4, 0.5) is 5.69 Å². The van der Waals surface area contributed by atoms with Crippen LogP contribution < -0.4 is 15.2 Å². The molecule has 0 saturated carbocycles. The lowest BCUT2D eigenvalue weighted by Gasteiger charge is -2.24. The SMILES string of the molecule is COc1ccc(C2/C(=C(/O)c3ccc(C)cc3)C(=O)C(=O)N2c2c(C)n(C)n(-c3ccccc3)c2=O)cc1. The topological polar surface area (TPSA) is 93.8 Å². The molecule has 1 aromatic heterocycles. The predicted octanol–water partition coefficient (Wildman–Crippen LogP) is 4.43. The van der Waals surface area contributed by atoms with Crippen molar-refractivity contribution >= 4 is 23.1 Å². The minimum Gasteiger partial charge on any atom is -0.507 e. The molecular formula is C30H27N3O5. The number of hydrogen-bond acceptors (Lipinski definition) is 5. The molecule has 8 nitrogen and oxygen atoms in total. The Morgan fingerprint density at radius 3 is 2.11 bits per heavy atom. The van der Waals surface area contributed by atoms with Gasteiger partial charge in [-0.2, -0.15) is 0 Å². The maximum absolute atomic E-state index is 13.8. The number of nitrogens with zero attached hydrogens (tertiary/aromatic N) is 3. The van der Waals surface area contributed by atoms with Crippen LogP contribution in [-0.2, 0) is 16.6 Å². The molecule has 0 bridgehead atoms. The standard InChI is InChI=1S/C30H27N3O5/c1-18-10-12-21(13-11-18)27(34)24-26(20-14-16-23(38-4)17-15-20)32(30(37)28(24)35)25-19(2)31(3)33(29(25)36)22-8-6-5-7-9-22/h5-17,26,34H,1-4H3/b27-24-. The smallest absolute Gasteiger partial charge is 0.300 e. The lowest BCUT2D eigenvalue weighted by Crippen LogP contribution is -2.34. The number of rotatable bonds is 5. The molecule has 4 aromatic rings. The van der Waals surface area contributed by atoms with Crippen molar-refractivity contribution in [3.05, 3.63) is 117 Å². The van der Waals surface area contributed by atoms with E-state index in [1.807, 2.05) is 37.3 Å². The van der Waals surface area contributed by atoms with Gasteiger partial charge in [0.1, 0.15) is 17.2 Å². The van der Waals surface area contributed by atoms with Gasteiger partial charge in [0.05, 0.1) is 30.1 Å². The summed E-state index contributed by atoms with van der Waals surface area (Å²) in [7, 11) is 3.26. The number of para-hydroxylation sites is 1. The van der Waals surface area contributed by atoms with Gasteiger partial charge in [0.15, 0.2) is 0 Å². The molecule has 0 aliphatic carbocycles. The number of aryl methyl sites for hydroxylation is 1. The van der Waals surface area contributed by atoms with Crippen LogP contribution in [0.25, 0.3) is 11.4 Å². The maximum Gasteiger partial charge on any atom is 0.300 e. The number of amides is 1. The predicted molar refractivity (Wildman–Crippen MR) is 145 cm³/mol. The molecule has 1 N–H and O–H groups in total. The molecule has 2 heterocycles. The molecule has 1 fully saturated rings. The molecule has 0 radical (unpaired) electrons. The van der Waals surface area contributed by atoms with Crippen LogP contribution in [0.2, 0.25) is 0 Å². The van der Waals surface area contributed by atoms with Gasteiger partial charge in [-0.05, 0) is 43.7 Å². The van der Waals surface area contributed by atoms with Crippen molar-refractivity contribution < 1.29 is 19.4 Å². The monoisotopic (exact) mass is 509 g/mol. The number of Topliss-reactive ketones (excluding diaryl/α,β-unsaturated/α-hetero) is 1. The zero-order chi connectivity index (χ0) is 27.1. The summed E-state index contributed by atoms with van der Waals surface area (Å²) in [6, 6.07) is 21.9. The minimum absolute atomic E-state index is 0.0715. The number of methoxy groups -OCH3 is 1. The number of carbonyl (C=O) groups excluding carboxylic acids is 2. The third-order valence-electron chi connectivity index (χ3n) is 6.97. The van der Waals surface area contributed by atoms with Gasteiger partial charge >= 0.3 is 0 Å². The molecule has 1 amide bonds. The van der Waals surface area contributed by atoms with Gasteiger partial charge in [0, 0.05) is 12.6 Å². The number of ketones is 1. The molecule has 1 atom stereocenters. The molecular weight excluding hydrogens is 482 g/mol. The number of hydrogen-bond donors (Lipinski definition) is 1. The Morgan fingerprint density at radius 2 is 1.50 bits per heavy atom. The number of benzene rings is 3. The van der Waals surface area contributed by atoms with Crippen molar-refractivity contribution in [2.24, 2.45) is 7.05 Å². The lowest BCUT2D eigenvalue weighted by molar-refractivity contribution is -0.132. The summed E-state index contributed by atoms with van der Waals surface area (Å²) in [6.07, 6.45) is 0. The Labute approximate surface area is 219 Å². The molecule has 3 aromatic carbocycles. The highest BCUT2D eigenvalue weighted by molar-refractivity contribution is 6.51. The van der Waals surface area contributed by atoms with E-state index in [2.05, 4.69) is 0 Å². The average molecular weight is 510 g/mol. The fraction of sp³-hybridized carbons (Fsp3) is 0.167. The lowest BCUT2D eigenvalue weighted by atomic mass is 9.95. The second-order valence-corrected chi connectivity index (χ2v) is 9.22. The van der Waals surface area contributed by atoms with Crippen LogP contribution in [0.5, 0.6) is 5.75 Å². The van der Waals surface area contributed by atoms with E-state index >= 15 is 0 Å². The van der Waals surface area contributed by atoms with E-state index in [1.165, 1.54) is 16.7 Å². The summed E-state index contributed by atoms with van der Waals surface area (Å²) in [6.45, 7) is 3.64. The molecule has 38 heavy (non-hydrogen) atoms. The van der Waals surface area contributed by atoms with Crippen molar-refractivity contribution in [3.63, 3.8) is 0 Å². The van der Waals surface area contributed by atoms with Gasteiger partial charge in [0.2, 0.25) is 0 Å². The van der Waals surface area contributed by atoms with Crippen LogP contribution in [-0.4, -0.2) is 33.3 Å². The highest BCUT2D eigenvalue weighted by Crippen LogP contribution is 2.42. The Morgan fingerprint density at radius 1 is 0.868 bits per heavy atom. The quantitative estimate of drug-likeness (QED) is 0.244. The van der Waals surface area contributed by atoms with Crippen LogP contribution >= 0.6 is 0 Å². The molecule has 5 rings (SSSR count). The molecule has 1 aliphatic heterocycles. The highest BCUT2D eigenvalue weighted by Gasteiger charge is 2.49. The number of carbonyl (C=O) groups is 2. The van der Waals surface area contributed by atoms with Crippen molar-refractivity contribution in [1.82, 2.24) is 9.36 Å². The number of aromatic nitrogens is 2. The first-order valence-corrected chi connectivity index (χ1v) is 12.1. The Kier molecular flexibility index (Phi) is 6.24. The molecule has 1 saturated heterocycles. The number of ether oxygens (including phenoxy) is 1. The number of aliphatic hydroxyl groups excluding tert-OH is 1. The van der Waals surface area contributed by atoms with Crippen LogP contribution in [0, 0.1) is 13.8 Å². The first-order chi connectivity index (χ1) is 18.2. The second kappa shape index (κ2) is 9.55. The Hall–Kier alpha value is -4.85. The third kappa shape index (κ3) is 3.91. The average Bonchev–Trinajstić information content (AvgIpc) is 3.31. The fourth-order valence-electron chi connectivity index (χ4n) is 4.86. The van der Waals surface area contributed by atoms with E-state index in [-0.39, 0.29) is 17.0 Å². The third-order valence-corrected chi connectivity index (χ3v) is 6.97. The van der Waals surface area contributed by atoms with Crippen molar-refractivity contribution in [3.8, 4) is 11.4 Å². The van der Waals surface area contributed by atoms with Gasteiger partial charge in [-0.3, -0.25) is 24.0 Å². The van der Waals surface area contributed by atoms with Gasteiger partial charge in [-0.1, -0.05) is 60.2 Å². The van der Waals surface area contributed by atoms with Crippen molar-refractivity contribution in [2.45, 2.75) is 19.9 Å². The largest absolute Gasteiger partial charge is 0.507 e. The molecule has 0 spiro atoms. The zero-order valence-electron chi connectivity index (χ0n) is 21.5. The second-order valence-electron chi connectivity index (χ2n) is 9.22. The van der Waals surface area contributed by atoms with Gasteiger partial charge in [0.25, 0.3) is 17.2 Å². The first-order valence-electron chi connectivity index (χ1n) is 12.1. The zero-order valence-corrected chi connectivity index (χ0v) is 21.5. The minimum atomic E-state index is -1.03. The molecule has 192 valence electrons. The summed E-state index contributed by atoms with van der Waals surface area (Å²) in [5.41, 5.74) is 2.58. The first kappa shape index (κ1) is 24.8. The molecule has 8 heteroatoms. The van der Waals surface area contributed by atoms with E-state index in [1.54, 1.807) is 67.2 Å². The molecule has 1 aliphatic rings. The maximum atomic E-state index is 13.8. The van der Waals surface area contributed by atoms with E-state index in [4.69, 9.17) is 4.74 Å². The van der Waals surface area contributed by atoms with E-state index in [0.717, 1.165) is 5.56 Å².